The Morgan fingerprint density at radius 3 is 2.71 bits per heavy atom. The Labute approximate surface area is 126 Å². The summed E-state index contributed by atoms with van der Waals surface area (Å²) in [5.74, 6) is 0.583. The highest BCUT2D eigenvalue weighted by Gasteiger charge is 2.27. The van der Waals surface area contributed by atoms with Crippen LogP contribution in [0.25, 0.3) is 0 Å². The first-order valence-electron chi connectivity index (χ1n) is 7.65. The van der Waals surface area contributed by atoms with Crippen molar-refractivity contribution in [2.24, 2.45) is 5.92 Å². The Kier molecular flexibility index (Phi) is 5.24. The van der Waals surface area contributed by atoms with E-state index < -0.39 is 6.10 Å². The zero-order chi connectivity index (χ0) is 15.6. The fourth-order valence-electron chi connectivity index (χ4n) is 3.01. The highest BCUT2D eigenvalue weighted by atomic mass is 16.5. The second-order valence-corrected chi connectivity index (χ2v) is 6.22. The molecule has 3 unspecified atom stereocenters. The van der Waals surface area contributed by atoms with Crippen LogP contribution in [0.4, 0.5) is 5.69 Å². The molecule has 2 rings (SSSR count). The second-order valence-electron chi connectivity index (χ2n) is 6.22. The average molecular weight is 296 g/mol. The molecular formula is C15H28N4O2. The maximum absolute atomic E-state index is 10.3. The van der Waals surface area contributed by atoms with Gasteiger partial charge in [0.05, 0.1) is 35.8 Å². The van der Waals surface area contributed by atoms with Crippen molar-refractivity contribution in [3.8, 4) is 0 Å². The lowest BCUT2D eigenvalue weighted by Gasteiger charge is -2.37. The van der Waals surface area contributed by atoms with E-state index in [0.29, 0.717) is 24.7 Å². The molecule has 0 aromatic carbocycles. The summed E-state index contributed by atoms with van der Waals surface area (Å²) < 4.78 is 7.32. The highest BCUT2D eigenvalue weighted by molar-refractivity contribution is 5.46. The molecule has 0 saturated carbocycles. The van der Waals surface area contributed by atoms with E-state index >= 15 is 0 Å². The van der Waals surface area contributed by atoms with E-state index in [-0.39, 0.29) is 6.10 Å². The van der Waals surface area contributed by atoms with Crippen molar-refractivity contribution in [1.29, 1.82) is 0 Å². The quantitative estimate of drug-likeness (QED) is 0.840. The number of rotatable bonds is 5. The van der Waals surface area contributed by atoms with Crippen LogP contribution >= 0.6 is 0 Å². The van der Waals surface area contributed by atoms with E-state index in [4.69, 9.17) is 10.5 Å². The molecule has 0 aliphatic carbocycles. The van der Waals surface area contributed by atoms with Gasteiger partial charge >= 0.3 is 0 Å². The van der Waals surface area contributed by atoms with Gasteiger partial charge in [-0.25, -0.2) is 0 Å². The minimum absolute atomic E-state index is 0.260. The number of piperidine rings is 1. The van der Waals surface area contributed by atoms with Crippen molar-refractivity contribution in [2.75, 3.05) is 32.5 Å². The van der Waals surface area contributed by atoms with Crippen LogP contribution in [-0.4, -0.2) is 58.7 Å². The fourth-order valence-corrected chi connectivity index (χ4v) is 3.01. The molecule has 0 amide bonds. The molecule has 1 aromatic heterocycles. The number of hydrogen-bond donors (Lipinski definition) is 2. The van der Waals surface area contributed by atoms with Crippen molar-refractivity contribution in [1.82, 2.24) is 14.7 Å². The molecule has 6 heteroatoms. The summed E-state index contributed by atoms with van der Waals surface area (Å²) in [7, 11) is 1.76. The number of methoxy groups -OCH3 is 1. The van der Waals surface area contributed by atoms with Gasteiger partial charge in [-0.05, 0) is 32.7 Å². The number of aryl methyl sites for hydroxylation is 1. The van der Waals surface area contributed by atoms with Gasteiger partial charge in [-0.15, -0.1) is 0 Å². The molecule has 120 valence electrons. The second kappa shape index (κ2) is 6.77. The smallest absolute Gasteiger partial charge is 0.0862 e. The molecular weight excluding hydrogens is 268 g/mol. The van der Waals surface area contributed by atoms with Crippen LogP contribution < -0.4 is 5.73 Å². The molecule has 3 atom stereocenters. The molecule has 0 radical (unpaired) electrons. The van der Waals surface area contributed by atoms with Gasteiger partial charge in [0.15, 0.2) is 0 Å². The summed E-state index contributed by atoms with van der Waals surface area (Å²) in [6, 6.07) is 0. The Hall–Kier alpha value is -1.11. The summed E-state index contributed by atoms with van der Waals surface area (Å²) in [5, 5.41) is 14.7. The van der Waals surface area contributed by atoms with Gasteiger partial charge in [-0.3, -0.25) is 9.58 Å². The highest BCUT2D eigenvalue weighted by Crippen LogP contribution is 2.20. The van der Waals surface area contributed by atoms with Crippen LogP contribution in [0.3, 0.4) is 0 Å². The Morgan fingerprint density at radius 2 is 2.14 bits per heavy atom. The third-order valence-electron chi connectivity index (χ3n) is 4.57. The largest absolute Gasteiger partial charge is 0.396 e. The van der Waals surface area contributed by atoms with E-state index in [1.54, 1.807) is 11.8 Å². The standard InChI is InChI=1S/C15H28N4O2/c1-10-5-6-18(9-14(10)21-4)7-13(20)8-19-12(3)15(16)11(2)17-19/h10,13-14,20H,5-9,16H2,1-4H3. The molecule has 1 aliphatic rings. The van der Waals surface area contributed by atoms with Crippen LogP contribution in [0, 0.1) is 19.8 Å². The number of likely N-dealkylation sites (tertiary alicyclic amines) is 1. The van der Waals surface area contributed by atoms with Crippen LogP contribution in [0.1, 0.15) is 24.7 Å². The van der Waals surface area contributed by atoms with Crippen LogP contribution in [0.5, 0.6) is 0 Å². The number of nitrogens with zero attached hydrogens (tertiary/aromatic N) is 3. The fraction of sp³-hybridized carbons (Fsp3) is 0.800. The van der Waals surface area contributed by atoms with Crippen molar-refractivity contribution < 1.29 is 9.84 Å². The van der Waals surface area contributed by atoms with Gasteiger partial charge in [-0.2, -0.15) is 5.10 Å². The minimum atomic E-state index is -0.451. The molecule has 2 heterocycles. The van der Waals surface area contributed by atoms with Crippen molar-refractivity contribution in [3.05, 3.63) is 11.4 Å². The predicted molar refractivity (Wildman–Crippen MR) is 83.1 cm³/mol. The zero-order valence-corrected chi connectivity index (χ0v) is 13.5. The molecule has 1 fully saturated rings. The summed E-state index contributed by atoms with van der Waals surface area (Å²) in [6.45, 7) is 9.07. The maximum atomic E-state index is 10.3. The van der Waals surface area contributed by atoms with Gasteiger partial charge in [0.2, 0.25) is 0 Å². The molecule has 1 aliphatic heterocycles. The lowest BCUT2D eigenvalue weighted by molar-refractivity contribution is -0.0198. The van der Waals surface area contributed by atoms with E-state index in [1.807, 2.05) is 13.8 Å². The average Bonchev–Trinajstić information content (AvgIpc) is 2.68. The molecule has 0 spiro atoms. The number of aliphatic hydroxyl groups excluding tert-OH is 1. The lowest BCUT2D eigenvalue weighted by atomic mass is 9.95. The van der Waals surface area contributed by atoms with Crippen LogP contribution in [-0.2, 0) is 11.3 Å². The molecule has 0 bridgehead atoms. The van der Waals surface area contributed by atoms with E-state index in [0.717, 1.165) is 30.9 Å². The van der Waals surface area contributed by atoms with E-state index in [2.05, 4.69) is 16.9 Å². The number of aromatic nitrogens is 2. The lowest BCUT2D eigenvalue weighted by Crippen LogP contribution is -2.47. The number of nitrogen functional groups attached to an aromatic ring is 1. The van der Waals surface area contributed by atoms with Crippen molar-refractivity contribution in [2.45, 2.75) is 45.9 Å². The third kappa shape index (κ3) is 3.75. The van der Waals surface area contributed by atoms with Gasteiger partial charge in [0.25, 0.3) is 0 Å². The third-order valence-corrected chi connectivity index (χ3v) is 4.57. The zero-order valence-electron chi connectivity index (χ0n) is 13.5. The molecule has 1 saturated heterocycles. The molecule has 21 heavy (non-hydrogen) atoms. The summed E-state index contributed by atoms with van der Waals surface area (Å²) >= 11 is 0. The number of aliphatic hydroxyl groups is 1. The number of anilines is 1. The van der Waals surface area contributed by atoms with Gasteiger partial charge < -0.3 is 15.6 Å². The first-order valence-corrected chi connectivity index (χ1v) is 7.65. The minimum Gasteiger partial charge on any atom is -0.396 e. The SMILES string of the molecule is COC1CN(CC(O)Cn2nc(C)c(N)c2C)CCC1C. The number of β-amino-alcohol motifs (C(OH)–C–C–N with tert-alkyl or cyclic N) is 1. The van der Waals surface area contributed by atoms with Crippen molar-refractivity contribution in [3.63, 3.8) is 0 Å². The van der Waals surface area contributed by atoms with Crippen LogP contribution in [0.15, 0.2) is 0 Å². The van der Waals surface area contributed by atoms with Gasteiger partial charge in [-0.1, -0.05) is 6.92 Å². The van der Waals surface area contributed by atoms with Crippen LogP contribution in [0.2, 0.25) is 0 Å². The molecule has 1 aromatic rings. The Bertz CT molecular complexity index is 474. The monoisotopic (exact) mass is 296 g/mol. The number of ether oxygens (including phenoxy) is 1. The maximum Gasteiger partial charge on any atom is 0.0862 e. The normalized spacial score (nSPS) is 25.2. The summed E-state index contributed by atoms with van der Waals surface area (Å²) in [6.07, 6.45) is 0.918. The van der Waals surface area contributed by atoms with E-state index in [1.165, 1.54) is 0 Å². The van der Waals surface area contributed by atoms with Crippen molar-refractivity contribution >= 4 is 5.69 Å². The molecule has 3 N–H and O–H groups in total. The first-order chi connectivity index (χ1) is 9.92. The first kappa shape index (κ1) is 16.3. The Morgan fingerprint density at radius 1 is 1.43 bits per heavy atom. The number of hydrogen-bond acceptors (Lipinski definition) is 5. The molecule has 6 nitrogen and oxygen atoms in total. The van der Waals surface area contributed by atoms with Gasteiger partial charge in [0, 0.05) is 20.2 Å². The van der Waals surface area contributed by atoms with Gasteiger partial charge in [0.1, 0.15) is 0 Å². The Balaban J connectivity index is 1.89. The van der Waals surface area contributed by atoms with E-state index in [9.17, 15) is 5.11 Å². The predicted octanol–water partition coefficient (Wildman–Crippen LogP) is 0.800. The summed E-state index contributed by atoms with van der Waals surface area (Å²) in [4.78, 5) is 2.27. The topological polar surface area (TPSA) is 76.5 Å². The number of nitrogens with two attached hydrogens (primary N) is 1. The summed E-state index contributed by atoms with van der Waals surface area (Å²) in [5.41, 5.74) is 8.39.